The van der Waals surface area contributed by atoms with Crippen LogP contribution in [-0.4, -0.2) is 49.0 Å². The van der Waals surface area contributed by atoms with Gasteiger partial charge in [0.1, 0.15) is 6.10 Å². The predicted octanol–water partition coefficient (Wildman–Crippen LogP) is 2.12. The molecule has 0 N–H and O–H groups in total. The third kappa shape index (κ3) is 3.83. The van der Waals surface area contributed by atoms with Crippen LogP contribution in [0.1, 0.15) is 6.42 Å². The molecular weight excluding hydrogens is 373 g/mol. The Labute approximate surface area is 149 Å². The van der Waals surface area contributed by atoms with Crippen molar-refractivity contribution in [3.05, 3.63) is 41.4 Å². The number of methoxy groups -OCH3 is 1. The first-order chi connectivity index (χ1) is 11.9. The summed E-state index contributed by atoms with van der Waals surface area (Å²) in [5.41, 5.74) is 0. The lowest BCUT2D eigenvalue weighted by Crippen LogP contribution is -2.31. The van der Waals surface area contributed by atoms with Gasteiger partial charge in [-0.15, -0.1) is 0 Å². The topological polar surface area (TPSA) is 81.6 Å². The predicted molar refractivity (Wildman–Crippen MR) is 87.8 cm³/mol. The van der Waals surface area contributed by atoms with Crippen molar-refractivity contribution in [3.8, 4) is 11.8 Å². The molecule has 1 atom stereocenters. The second-order valence-electron chi connectivity index (χ2n) is 5.37. The van der Waals surface area contributed by atoms with Crippen molar-refractivity contribution in [2.75, 3.05) is 20.2 Å². The zero-order valence-electron chi connectivity index (χ0n) is 13.2. The second-order valence-corrected chi connectivity index (χ2v) is 7.75. The molecule has 134 valence electrons. The molecule has 7 nitrogen and oxygen atoms in total. The normalized spacial score (nSPS) is 18.3. The van der Waals surface area contributed by atoms with Crippen LogP contribution >= 0.6 is 11.6 Å². The van der Waals surface area contributed by atoms with Crippen molar-refractivity contribution in [3.63, 3.8) is 0 Å². The summed E-state index contributed by atoms with van der Waals surface area (Å²) < 4.78 is 50.7. The van der Waals surface area contributed by atoms with E-state index in [0.717, 1.165) is 6.07 Å². The molecule has 0 bridgehead atoms. The molecule has 25 heavy (non-hydrogen) atoms. The van der Waals surface area contributed by atoms with Gasteiger partial charge in [0, 0.05) is 6.54 Å². The highest BCUT2D eigenvalue weighted by Gasteiger charge is 2.34. The molecule has 0 radical (unpaired) electrons. The van der Waals surface area contributed by atoms with E-state index in [1.54, 1.807) is 0 Å². The fourth-order valence-electron chi connectivity index (χ4n) is 2.48. The molecule has 0 amide bonds. The van der Waals surface area contributed by atoms with E-state index in [2.05, 4.69) is 9.97 Å². The van der Waals surface area contributed by atoms with E-state index in [1.807, 2.05) is 0 Å². The minimum atomic E-state index is -3.82. The van der Waals surface area contributed by atoms with E-state index in [-0.39, 0.29) is 35.8 Å². The highest BCUT2D eigenvalue weighted by Crippen LogP contribution is 2.26. The standard InChI is InChI=1S/C15H15ClFN3O4S/c1-23-14-3-2-12(6-13(14)17)25(21,22)20-5-4-11(9-20)24-15-18-7-10(16)8-19-15/h2-3,6-8,11H,4-5,9H2,1H3/t11-/m0/s1. The number of sulfonamides is 1. The smallest absolute Gasteiger partial charge is 0.316 e. The number of nitrogens with zero attached hydrogens (tertiary/aromatic N) is 3. The molecule has 2 heterocycles. The molecule has 0 unspecified atom stereocenters. The SMILES string of the molecule is COc1ccc(S(=O)(=O)N2CC[C@H](Oc3ncc(Cl)cn3)C2)cc1F. The minimum absolute atomic E-state index is 0.0125. The fraction of sp³-hybridized carbons (Fsp3) is 0.333. The molecule has 1 saturated heterocycles. The zero-order valence-corrected chi connectivity index (χ0v) is 14.8. The summed E-state index contributed by atoms with van der Waals surface area (Å²) in [4.78, 5) is 7.71. The number of rotatable bonds is 5. The molecule has 1 fully saturated rings. The maximum absolute atomic E-state index is 13.8. The molecule has 3 rings (SSSR count). The van der Waals surface area contributed by atoms with Gasteiger partial charge in [0.05, 0.1) is 36.0 Å². The van der Waals surface area contributed by atoms with Crippen molar-refractivity contribution in [1.29, 1.82) is 0 Å². The summed E-state index contributed by atoms with van der Waals surface area (Å²) in [5, 5.41) is 0.379. The van der Waals surface area contributed by atoms with Gasteiger partial charge in [0.25, 0.3) is 0 Å². The number of benzene rings is 1. The quantitative estimate of drug-likeness (QED) is 0.781. The summed E-state index contributed by atoms with van der Waals surface area (Å²) in [6.45, 7) is 0.385. The second kappa shape index (κ2) is 7.11. The van der Waals surface area contributed by atoms with E-state index in [9.17, 15) is 12.8 Å². The van der Waals surface area contributed by atoms with Gasteiger partial charge in [0.2, 0.25) is 10.0 Å². The molecule has 0 saturated carbocycles. The Hall–Kier alpha value is -1.97. The highest BCUT2D eigenvalue weighted by atomic mass is 35.5. The van der Waals surface area contributed by atoms with Crippen LogP contribution in [0.5, 0.6) is 11.8 Å². The van der Waals surface area contributed by atoms with Gasteiger partial charge >= 0.3 is 6.01 Å². The van der Waals surface area contributed by atoms with Crippen LogP contribution in [0.15, 0.2) is 35.5 Å². The van der Waals surface area contributed by atoms with E-state index in [4.69, 9.17) is 21.1 Å². The average Bonchev–Trinajstić information content (AvgIpc) is 3.06. The Morgan fingerprint density at radius 1 is 1.32 bits per heavy atom. The largest absolute Gasteiger partial charge is 0.494 e. The first-order valence-electron chi connectivity index (χ1n) is 7.38. The highest BCUT2D eigenvalue weighted by molar-refractivity contribution is 7.89. The Morgan fingerprint density at radius 2 is 2.04 bits per heavy atom. The van der Waals surface area contributed by atoms with Crippen molar-refractivity contribution < 1.29 is 22.3 Å². The minimum Gasteiger partial charge on any atom is -0.494 e. The van der Waals surface area contributed by atoms with Crippen LogP contribution in [0.4, 0.5) is 4.39 Å². The first-order valence-corrected chi connectivity index (χ1v) is 9.20. The molecule has 1 aliphatic heterocycles. The van der Waals surface area contributed by atoms with Crippen molar-refractivity contribution >= 4 is 21.6 Å². The van der Waals surface area contributed by atoms with Crippen LogP contribution in [0.2, 0.25) is 5.02 Å². The molecule has 2 aromatic rings. The van der Waals surface area contributed by atoms with Gasteiger partial charge in [-0.2, -0.15) is 4.31 Å². The lowest BCUT2D eigenvalue weighted by atomic mass is 10.3. The van der Waals surface area contributed by atoms with Gasteiger partial charge in [-0.1, -0.05) is 11.6 Å². The molecular formula is C15H15ClFN3O4S. The lowest BCUT2D eigenvalue weighted by molar-refractivity contribution is 0.197. The maximum atomic E-state index is 13.8. The van der Waals surface area contributed by atoms with Gasteiger partial charge in [0.15, 0.2) is 11.6 Å². The zero-order chi connectivity index (χ0) is 18.0. The number of hydrogen-bond donors (Lipinski definition) is 0. The monoisotopic (exact) mass is 387 g/mol. The summed E-state index contributed by atoms with van der Waals surface area (Å²) in [6, 6.07) is 3.68. The summed E-state index contributed by atoms with van der Waals surface area (Å²) in [7, 11) is -2.51. The van der Waals surface area contributed by atoms with E-state index in [0.29, 0.717) is 11.4 Å². The maximum Gasteiger partial charge on any atom is 0.316 e. The molecule has 10 heteroatoms. The molecule has 1 aromatic carbocycles. The lowest BCUT2D eigenvalue weighted by Gasteiger charge is -2.17. The Bertz CT molecular complexity index is 864. The third-order valence-corrected chi connectivity index (χ3v) is 5.79. The van der Waals surface area contributed by atoms with Gasteiger partial charge < -0.3 is 9.47 Å². The van der Waals surface area contributed by atoms with Crippen LogP contribution in [-0.2, 0) is 10.0 Å². The fourth-order valence-corrected chi connectivity index (χ4v) is 4.08. The summed E-state index contributed by atoms with van der Waals surface area (Å²) >= 11 is 5.71. The van der Waals surface area contributed by atoms with Crippen molar-refractivity contribution in [1.82, 2.24) is 14.3 Å². The van der Waals surface area contributed by atoms with Gasteiger partial charge in [-0.05, 0) is 24.6 Å². The molecule has 0 aliphatic carbocycles. The van der Waals surface area contributed by atoms with Crippen LogP contribution in [0.25, 0.3) is 0 Å². The van der Waals surface area contributed by atoms with E-state index in [1.165, 1.54) is 35.9 Å². The van der Waals surface area contributed by atoms with E-state index >= 15 is 0 Å². The van der Waals surface area contributed by atoms with Crippen LogP contribution < -0.4 is 9.47 Å². The van der Waals surface area contributed by atoms with Gasteiger partial charge in [-0.25, -0.2) is 22.8 Å². The van der Waals surface area contributed by atoms with Gasteiger partial charge in [-0.3, -0.25) is 0 Å². The van der Waals surface area contributed by atoms with Crippen molar-refractivity contribution in [2.45, 2.75) is 17.4 Å². The van der Waals surface area contributed by atoms with Crippen LogP contribution in [0, 0.1) is 5.82 Å². The number of aromatic nitrogens is 2. The summed E-state index contributed by atoms with van der Waals surface area (Å²) in [5.74, 6) is -0.744. The number of hydrogen-bond acceptors (Lipinski definition) is 6. The van der Waals surface area contributed by atoms with E-state index < -0.39 is 15.8 Å². The Kier molecular flexibility index (Phi) is 5.07. The molecule has 0 spiro atoms. The average molecular weight is 388 g/mol. The molecule has 1 aliphatic rings. The number of halogens is 2. The Morgan fingerprint density at radius 3 is 2.68 bits per heavy atom. The van der Waals surface area contributed by atoms with Crippen molar-refractivity contribution in [2.24, 2.45) is 0 Å². The third-order valence-electron chi connectivity index (χ3n) is 3.74. The Balaban J connectivity index is 1.71. The van der Waals surface area contributed by atoms with Crippen LogP contribution in [0.3, 0.4) is 0 Å². The number of ether oxygens (including phenoxy) is 2. The molecule has 1 aromatic heterocycles. The first kappa shape index (κ1) is 17.8. The summed E-state index contributed by atoms with van der Waals surface area (Å²) in [6.07, 6.45) is 2.88.